The normalized spacial score (nSPS) is 22.1. The first-order valence-corrected chi connectivity index (χ1v) is 8.20. The lowest BCUT2D eigenvalue weighted by atomic mass is 9.81. The van der Waals surface area contributed by atoms with Crippen molar-refractivity contribution < 1.29 is 23.1 Å². The molecule has 8 heteroatoms. The van der Waals surface area contributed by atoms with Gasteiger partial charge in [0.05, 0.1) is 17.9 Å². The number of methoxy groups -OCH3 is 1. The number of sulfonamides is 1. The number of carbonyl (C=O) groups is 1. The molecule has 1 aliphatic rings. The highest BCUT2D eigenvalue weighted by Crippen LogP contribution is 2.31. The molecule has 1 aliphatic carbocycles. The van der Waals surface area contributed by atoms with E-state index in [2.05, 4.69) is 20.7 Å². The molecule has 6 nitrogen and oxygen atoms in total. The second-order valence-electron chi connectivity index (χ2n) is 4.62. The van der Waals surface area contributed by atoms with E-state index in [1.807, 2.05) is 0 Å². The Bertz CT molecular complexity index is 625. The SMILES string of the molecule is COc1ccc(Br)c(S(=O)(=O)NC2CC(C(=O)O)C2)c1. The number of nitrogens with one attached hydrogen (secondary N) is 1. The number of ether oxygens (including phenoxy) is 1. The molecule has 0 radical (unpaired) electrons. The van der Waals surface area contributed by atoms with Crippen LogP contribution in [0.1, 0.15) is 12.8 Å². The van der Waals surface area contributed by atoms with E-state index in [0.29, 0.717) is 23.1 Å². The first kappa shape index (κ1) is 15.3. The third kappa shape index (κ3) is 3.13. The predicted molar refractivity (Wildman–Crippen MR) is 75.2 cm³/mol. The number of aliphatic carboxylic acids is 1. The number of carboxylic acids is 1. The van der Waals surface area contributed by atoms with Crippen LogP contribution in [0.3, 0.4) is 0 Å². The summed E-state index contributed by atoms with van der Waals surface area (Å²) in [6, 6.07) is 4.32. The fourth-order valence-electron chi connectivity index (χ4n) is 2.02. The minimum Gasteiger partial charge on any atom is -0.497 e. The van der Waals surface area contributed by atoms with Crippen molar-refractivity contribution in [1.82, 2.24) is 4.72 Å². The predicted octanol–water partition coefficient (Wildman–Crippen LogP) is 1.60. The summed E-state index contributed by atoms with van der Waals surface area (Å²) in [7, 11) is -2.25. The van der Waals surface area contributed by atoms with Crippen molar-refractivity contribution in [2.75, 3.05) is 7.11 Å². The van der Waals surface area contributed by atoms with E-state index in [0.717, 1.165) is 0 Å². The largest absolute Gasteiger partial charge is 0.497 e. The average Bonchev–Trinajstić information content (AvgIpc) is 2.33. The van der Waals surface area contributed by atoms with Crippen molar-refractivity contribution in [2.45, 2.75) is 23.8 Å². The van der Waals surface area contributed by atoms with Crippen LogP contribution in [-0.2, 0) is 14.8 Å². The molecule has 2 rings (SSSR count). The van der Waals surface area contributed by atoms with Crippen LogP contribution in [0.15, 0.2) is 27.6 Å². The molecule has 0 unspecified atom stereocenters. The second-order valence-corrected chi connectivity index (χ2v) is 7.16. The van der Waals surface area contributed by atoms with Gasteiger partial charge in [-0.15, -0.1) is 0 Å². The molecule has 1 aromatic carbocycles. The number of hydrogen-bond acceptors (Lipinski definition) is 4. The fourth-order valence-corrected chi connectivity index (χ4v) is 4.26. The number of benzene rings is 1. The van der Waals surface area contributed by atoms with Gasteiger partial charge in [0, 0.05) is 16.6 Å². The van der Waals surface area contributed by atoms with Gasteiger partial charge in [-0.1, -0.05) is 0 Å². The van der Waals surface area contributed by atoms with E-state index in [4.69, 9.17) is 9.84 Å². The van der Waals surface area contributed by atoms with Crippen molar-refractivity contribution in [3.8, 4) is 5.75 Å². The summed E-state index contributed by atoms with van der Waals surface area (Å²) < 4.78 is 32.5. The topological polar surface area (TPSA) is 92.7 Å². The maximum atomic E-state index is 12.3. The Labute approximate surface area is 125 Å². The van der Waals surface area contributed by atoms with Gasteiger partial charge >= 0.3 is 5.97 Å². The molecule has 1 fully saturated rings. The maximum absolute atomic E-state index is 12.3. The van der Waals surface area contributed by atoms with E-state index in [1.165, 1.54) is 13.2 Å². The zero-order valence-corrected chi connectivity index (χ0v) is 13.1. The molecule has 0 aromatic heterocycles. The quantitative estimate of drug-likeness (QED) is 0.828. The summed E-state index contributed by atoms with van der Waals surface area (Å²) in [5, 5.41) is 8.78. The molecule has 0 spiro atoms. The van der Waals surface area contributed by atoms with Gasteiger partial charge in [-0.25, -0.2) is 13.1 Å². The van der Waals surface area contributed by atoms with Crippen molar-refractivity contribution in [1.29, 1.82) is 0 Å². The van der Waals surface area contributed by atoms with Gasteiger partial charge in [0.1, 0.15) is 5.75 Å². The Morgan fingerprint density at radius 3 is 2.65 bits per heavy atom. The maximum Gasteiger partial charge on any atom is 0.306 e. The van der Waals surface area contributed by atoms with Crippen LogP contribution in [0.5, 0.6) is 5.75 Å². The van der Waals surface area contributed by atoms with Gasteiger partial charge in [0.25, 0.3) is 0 Å². The molecule has 0 amide bonds. The van der Waals surface area contributed by atoms with Crippen LogP contribution in [-0.4, -0.2) is 32.6 Å². The highest BCUT2D eigenvalue weighted by Gasteiger charge is 2.37. The minimum atomic E-state index is -3.70. The van der Waals surface area contributed by atoms with Crippen molar-refractivity contribution >= 4 is 31.9 Å². The monoisotopic (exact) mass is 363 g/mol. The van der Waals surface area contributed by atoms with Crippen molar-refractivity contribution in [3.63, 3.8) is 0 Å². The van der Waals surface area contributed by atoms with Crippen LogP contribution in [0.4, 0.5) is 0 Å². The highest BCUT2D eigenvalue weighted by molar-refractivity contribution is 9.10. The van der Waals surface area contributed by atoms with E-state index in [9.17, 15) is 13.2 Å². The number of carboxylic acid groups (broad SMARTS) is 1. The number of hydrogen-bond donors (Lipinski definition) is 2. The number of halogens is 1. The summed E-state index contributed by atoms with van der Waals surface area (Å²) in [5.41, 5.74) is 0. The molecule has 1 aromatic rings. The molecular weight excluding hydrogens is 350 g/mol. The summed E-state index contributed by atoms with van der Waals surface area (Å²) in [4.78, 5) is 10.8. The Hall–Kier alpha value is -1.12. The van der Waals surface area contributed by atoms with E-state index >= 15 is 0 Å². The molecule has 0 aliphatic heterocycles. The van der Waals surface area contributed by atoms with Gasteiger partial charge in [-0.2, -0.15) is 0 Å². The van der Waals surface area contributed by atoms with Crippen LogP contribution < -0.4 is 9.46 Å². The minimum absolute atomic E-state index is 0.0793. The summed E-state index contributed by atoms with van der Waals surface area (Å²) in [6.45, 7) is 0. The van der Waals surface area contributed by atoms with E-state index in [-0.39, 0.29) is 10.9 Å². The molecule has 0 bridgehead atoms. The summed E-state index contributed by atoms with van der Waals surface area (Å²) in [5.74, 6) is -0.912. The molecule has 110 valence electrons. The lowest BCUT2D eigenvalue weighted by Gasteiger charge is -2.32. The Morgan fingerprint density at radius 1 is 1.45 bits per heavy atom. The highest BCUT2D eigenvalue weighted by atomic mass is 79.9. The van der Waals surface area contributed by atoms with Crippen LogP contribution >= 0.6 is 15.9 Å². The van der Waals surface area contributed by atoms with E-state index < -0.39 is 21.9 Å². The van der Waals surface area contributed by atoms with E-state index in [1.54, 1.807) is 12.1 Å². The lowest BCUT2D eigenvalue weighted by molar-refractivity contribution is -0.145. The van der Waals surface area contributed by atoms with Crippen LogP contribution in [0, 0.1) is 5.92 Å². The molecule has 0 heterocycles. The van der Waals surface area contributed by atoms with Gasteiger partial charge in [0.15, 0.2) is 0 Å². The first-order valence-electron chi connectivity index (χ1n) is 5.92. The lowest BCUT2D eigenvalue weighted by Crippen LogP contribution is -2.46. The van der Waals surface area contributed by atoms with Gasteiger partial charge in [-0.3, -0.25) is 4.79 Å². The summed E-state index contributed by atoms with van der Waals surface area (Å²) >= 11 is 3.19. The second kappa shape index (κ2) is 5.71. The molecule has 0 atom stereocenters. The zero-order valence-electron chi connectivity index (χ0n) is 10.7. The zero-order chi connectivity index (χ0) is 14.9. The standard InChI is InChI=1S/C12H14BrNO5S/c1-19-9-2-3-10(13)11(6-9)20(17,18)14-8-4-7(5-8)12(15)16/h2-3,6-8,14H,4-5H2,1H3,(H,15,16). The molecular formula is C12H14BrNO5S. The van der Waals surface area contributed by atoms with Gasteiger partial charge < -0.3 is 9.84 Å². The van der Waals surface area contributed by atoms with Crippen LogP contribution in [0.25, 0.3) is 0 Å². The Morgan fingerprint density at radius 2 is 2.10 bits per heavy atom. The Balaban J connectivity index is 2.13. The van der Waals surface area contributed by atoms with Crippen molar-refractivity contribution in [3.05, 3.63) is 22.7 Å². The molecule has 2 N–H and O–H groups in total. The molecule has 1 saturated carbocycles. The fraction of sp³-hybridized carbons (Fsp3) is 0.417. The van der Waals surface area contributed by atoms with Crippen LogP contribution in [0.2, 0.25) is 0 Å². The third-order valence-electron chi connectivity index (χ3n) is 3.24. The van der Waals surface area contributed by atoms with Crippen molar-refractivity contribution in [2.24, 2.45) is 5.92 Å². The number of rotatable bonds is 5. The Kier molecular flexibility index (Phi) is 4.36. The first-order chi connectivity index (χ1) is 9.33. The average molecular weight is 364 g/mol. The van der Waals surface area contributed by atoms with Gasteiger partial charge in [-0.05, 0) is 40.9 Å². The molecule has 20 heavy (non-hydrogen) atoms. The molecule has 0 saturated heterocycles. The summed E-state index contributed by atoms with van der Waals surface area (Å²) in [6.07, 6.45) is 0.631. The third-order valence-corrected chi connectivity index (χ3v) is 5.75. The smallest absolute Gasteiger partial charge is 0.306 e. The van der Waals surface area contributed by atoms with Gasteiger partial charge in [0.2, 0.25) is 10.0 Å².